The lowest BCUT2D eigenvalue weighted by Gasteiger charge is -2.28. The highest BCUT2D eigenvalue weighted by molar-refractivity contribution is 5.70. The summed E-state index contributed by atoms with van der Waals surface area (Å²) in [5.41, 5.74) is 1.17. The molecular formula is C29H30F2N8O2. The second kappa shape index (κ2) is 12.1. The summed E-state index contributed by atoms with van der Waals surface area (Å²) in [5, 5.41) is 23.9. The van der Waals surface area contributed by atoms with Gasteiger partial charge in [0.25, 0.3) is 0 Å². The Kier molecular flexibility index (Phi) is 8.56. The van der Waals surface area contributed by atoms with Gasteiger partial charge in [0.15, 0.2) is 17.5 Å². The van der Waals surface area contributed by atoms with Crippen LogP contribution in [0.5, 0.6) is 0 Å². The number of benzene rings is 1. The molecule has 10 nitrogen and oxygen atoms in total. The average molecular weight is 561 g/mol. The van der Waals surface area contributed by atoms with Crippen LogP contribution in [0, 0.1) is 35.8 Å². The number of esters is 1. The highest BCUT2D eigenvalue weighted by Crippen LogP contribution is 2.33. The third-order valence-electron chi connectivity index (χ3n) is 6.06. The number of hydrogen-bond acceptors (Lipinski definition) is 9. The Labute approximate surface area is 236 Å². The molecule has 0 aliphatic rings. The summed E-state index contributed by atoms with van der Waals surface area (Å²) >= 11 is 0. The van der Waals surface area contributed by atoms with Crippen LogP contribution in [0.2, 0.25) is 0 Å². The molecule has 2 N–H and O–H groups in total. The van der Waals surface area contributed by atoms with E-state index < -0.39 is 35.2 Å². The minimum Gasteiger partial charge on any atom is -0.460 e. The fraction of sp³-hybridized carbons (Fsp3) is 0.310. The van der Waals surface area contributed by atoms with Gasteiger partial charge in [0.2, 0.25) is 0 Å². The molecule has 3 heterocycles. The zero-order valence-electron chi connectivity index (χ0n) is 23.3. The molecule has 0 saturated heterocycles. The molecule has 41 heavy (non-hydrogen) atoms. The Morgan fingerprint density at radius 3 is 2.49 bits per heavy atom. The second-order valence-corrected chi connectivity index (χ2v) is 10.5. The molecule has 0 spiro atoms. The van der Waals surface area contributed by atoms with Gasteiger partial charge in [-0.15, -0.1) is 4.80 Å². The third kappa shape index (κ3) is 7.19. The van der Waals surface area contributed by atoms with Crippen LogP contribution in [-0.4, -0.2) is 36.5 Å². The lowest BCUT2D eigenvalue weighted by Crippen LogP contribution is -2.28. The molecule has 0 unspecified atom stereocenters. The number of carbonyl (C=O) groups excluding carboxylic acids is 1. The Balaban J connectivity index is 1.68. The molecule has 3 aromatic heterocycles. The fourth-order valence-electron chi connectivity index (χ4n) is 4.20. The summed E-state index contributed by atoms with van der Waals surface area (Å²) in [6.45, 7) is 8.79. The smallest absolute Gasteiger partial charge is 0.306 e. The zero-order valence-corrected chi connectivity index (χ0v) is 23.3. The Morgan fingerprint density at radius 1 is 1.12 bits per heavy atom. The number of aryl methyl sites for hydroxylation is 1. The molecule has 0 fully saturated rings. The first-order valence-electron chi connectivity index (χ1n) is 12.9. The summed E-state index contributed by atoms with van der Waals surface area (Å²) in [4.78, 5) is 22.7. The molecule has 2 atom stereocenters. The van der Waals surface area contributed by atoms with Crippen LogP contribution in [-0.2, 0) is 9.53 Å². The Morgan fingerprint density at radius 2 is 1.83 bits per heavy atom. The summed E-state index contributed by atoms with van der Waals surface area (Å²) in [6.07, 6.45) is 4.53. The van der Waals surface area contributed by atoms with Crippen molar-refractivity contribution in [3.05, 3.63) is 83.4 Å². The molecular weight excluding hydrogens is 530 g/mol. The first-order chi connectivity index (χ1) is 19.4. The molecule has 1 aromatic carbocycles. The first-order valence-corrected chi connectivity index (χ1v) is 12.9. The van der Waals surface area contributed by atoms with E-state index >= 15 is 4.39 Å². The quantitative estimate of drug-likeness (QED) is 0.245. The van der Waals surface area contributed by atoms with Crippen molar-refractivity contribution >= 4 is 23.3 Å². The molecule has 0 amide bonds. The van der Waals surface area contributed by atoms with E-state index in [4.69, 9.17) is 4.74 Å². The number of anilines is 3. The van der Waals surface area contributed by atoms with Crippen molar-refractivity contribution in [2.45, 2.75) is 52.7 Å². The van der Waals surface area contributed by atoms with Gasteiger partial charge in [-0.3, -0.25) is 9.78 Å². The van der Waals surface area contributed by atoms with Crippen LogP contribution in [0.4, 0.5) is 26.1 Å². The van der Waals surface area contributed by atoms with Crippen molar-refractivity contribution in [2.75, 3.05) is 10.6 Å². The predicted octanol–water partition coefficient (Wildman–Crippen LogP) is 5.78. The van der Waals surface area contributed by atoms with Crippen molar-refractivity contribution in [2.24, 2.45) is 5.92 Å². The highest BCUT2D eigenvalue weighted by Gasteiger charge is 2.28. The van der Waals surface area contributed by atoms with E-state index in [1.165, 1.54) is 29.5 Å². The van der Waals surface area contributed by atoms with Gasteiger partial charge in [0.05, 0.1) is 48.0 Å². The van der Waals surface area contributed by atoms with Crippen LogP contribution in [0.15, 0.2) is 55.0 Å². The number of nitrogens with one attached hydrogen (secondary N) is 2. The predicted molar refractivity (Wildman–Crippen MR) is 148 cm³/mol. The number of ether oxygens (including phenoxy) is 1. The minimum atomic E-state index is -0.856. The van der Waals surface area contributed by atoms with Gasteiger partial charge in [0, 0.05) is 5.56 Å². The van der Waals surface area contributed by atoms with Crippen LogP contribution in [0.1, 0.15) is 57.0 Å². The second-order valence-electron chi connectivity index (χ2n) is 10.5. The number of nitrogens with zero attached hydrogens (tertiary/aromatic N) is 6. The van der Waals surface area contributed by atoms with Crippen LogP contribution >= 0.6 is 0 Å². The maximum atomic E-state index is 15.3. The molecule has 4 rings (SSSR count). The Bertz CT molecular complexity index is 1580. The van der Waals surface area contributed by atoms with E-state index in [0.717, 1.165) is 6.07 Å². The third-order valence-corrected chi connectivity index (χ3v) is 6.06. The maximum absolute atomic E-state index is 15.3. The molecule has 0 saturated carbocycles. The number of hydrogen-bond donors (Lipinski definition) is 2. The summed E-state index contributed by atoms with van der Waals surface area (Å²) in [7, 11) is 0. The van der Waals surface area contributed by atoms with Gasteiger partial charge in [0.1, 0.15) is 23.2 Å². The monoisotopic (exact) mass is 560 g/mol. The van der Waals surface area contributed by atoms with Crippen molar-refractivity contribution in [1.29, 1.82) is 5.26 Å². The molecule has 12 heteroatoms. The lowest BCUT2D eigenvalue weighted by molar-refractivity contribution is -0.155. The van der Waals surface area contributed by atoms with E-state index in [1.54, 1.807) is 58.9 Å². The van der Waals surface area contributed by atoms with Crippen molar-refractivity contribution in [1.82, 2.24) is 25.0 Å². The number of carbonyl (C=O) groups is 1. The maximum Gasteiger partial charge on any atom is 0.306 e. The van der Waals surface area contributed by atoms with Gasteiger partial charge < -0.3 is 15.4 Å². The van der Waals surface area contributed by atoms with Gasteiger partial charge in [-0.2, -0.15) is 15.5 Å². The van der Waals surface area contributed by atoms with Crippen LogP contribution in [0.3, 0.4) is 0 Å². The zero-order chi connectivity index (χ0) is 29.7. The summed E-state index contributed by atoms with van der Waals surface area (Å²) in [5.74, 6) is -2.53. The molecule has 0 bridgehead atoms. The van der Waals surface area contributed by atoms with Gasteiger partial charge in [-0.25, -0.2) is 13.8 Å². The summed E-state index contributed by atoms with van der Waals surface area (Å²) in [6, 6.07) is 9.87. The van der Waals surface area contributed by atoms with Gasteiger partial charge in [-0.05, 0) is 51.8 Å². The summed E-state index contributed by atoms with van der Waals surface area (Å²) < 4.78 is 35.6. The van der Waals surface area contributed by atoms with Crippen molar-refractivity contribution in [3.8, 4) is 11.8 Å². The number of halogens is 2. The average Bonchev–Trinajstić information content (AvgIpc) is 3.44. The lowest BCUT2D eigenvalue weighted by atomic mass is 9.91. The van der Waals surface area contributed by atoms with Crippen molar-refractivity contribution in [3.63, 3.8) is 0 Å². The van der Waals surface area contributed by atoms with E-state index in [-0.39, 0.29) is 29.2 Å². The Hall–Kier alpha value is -4.92. The first kappa shape index (κ1) is 29.1. The standard InChI is InChI=1S/C29H30F2N8O2/c1-17(12-25(40)41-29(3,4)5)26(21-8-6-7-9-22(21)30)37-28-23(31)13-19(15-32)27(38-28)36-20-14-24(18(2)33-16-20)39-34-10-11-35-39/h6-11,13-14,16-17,26H,12H2,1-5H3,(H2,36,37,38)/t17-,26+/m1/s1. The highest BCUT2D eigenvalue weighted by atomic mass is 19.1. The minimum absolute atomic E-state index is 0.0495. The van der Waals surface area contributed by atoms with E-state index in [9.17, 15) is 14.4 Å². The van der Waals surface area contributed by atoms with Crippen LogP contribution in [0.25, 0.3) is 5.69 Å². The topological polar surface area (TPSA) is 131 Å². The SMILES string of the molecule is Cc1ncc(Nc2nc(N[C@H](c3ccccc3F)[C@H](C)CC(=O)OC(C)(C)C)c(F)cc2C#N)cc1-n1nccn1. The molecule has 0 aliphatic heterocycles. The molecule has 4 aromatic rings. The normalized spacial score (nSPS) is 12.7. The van der Waals surface area contributed by atoms with E-state index in [1.807, 2.05) is 6.07 Å². The molecule has 212 valence electrons. The number of rotatable bonds is 9. The van der Waals surface area contributed by atoms with Crippen LogP contribution < -0.4 is 10.6 Å². The molecule has 0 aliphatic carbocycles. The number of nitriles is 1. The van der Waals surface area contributed by atoms with Crippen molar-refractivity contribution < 1.29 is 18.3 Å². The van der Waals surface area contributed by atoms with E-state index in [2.05, 4.69) is 30.8 Å². The molecule has 0 radical (unpaired) electrons. The number of aromatic nitrogens is 5. The largest absolute Gasteiger partial charge is 0.460 e. The number of pyridine rings is 2. The van der Waals surface area contributed by atoms with E-state index in [0.29, 0.717) is 17.1 Å². The van der Waals surface area contributed by atoms with Gasteiger partial charge in [-0.1, -0.05) is 25.1 Å². The van der Waals surface area contributed by atoms with Gasteiger partial charge >= 0.3 is 5.97 Å². The fourth-order valence-corrected chi connectivity index (χ4v) is 4.20.